The second-order valence-corrected chi connectivity index (χ2v) is 3.88. The third-order valence-electron chi connectivity index (χ3n) is 2.40. The molecule has 0 heterocycles. The molecule has 1 aromatic carbocycles. The minimum Gasteiger partial charge on any atom is -0.300 e. The maximum atomic E-state index is 13.3. The molecule has 82 valence electrons. The Balaban J connectivity index is 2.57. The Morgan fingerprint density at radius 2 is 2.07 bits per heavy atom. The van der Waals surface area contributed by atoms with Crippen molar-refractivity contribution in [1.82, 2.24) is 0 Å². The molecule has 0 radical (unpaired) electrons. The molecule has 1 nitrogen and oxygen atoms in total. The molecule has 0 aromatic heterocycles. The summed E-state index contributed by atoms with van der Waals surface area (Å²) < 4.78 is 13.3. The summed E-state index contributed by atoms with van der Waals surface area (Å²) >= 11 is 0. The molecule has 1 rings (SSSR count). The van der Waals surface area contributed by atoms with Crippen LogP contribution in [0.25, 0.3) is 0 Å². The number of ketones is 1. The van der Waals surface area contributed by atoms with Crippen LogP contribution < -0.4 is 0 Å². The van der Waals surface area contributed by atoms with E-state index in [1.54, 1.807) is 6.07 Å². The van der Waals surface area contributed by atoms with Gasteiger partial charge in [-0.05, 0) is 31.4 Å². The van der Waals surface area contributed by atoms with E-state index >= 15 is 0 Å². The molecular weight excluding hydrogens is 191 g/mol. The number of aryl methyl sites for hydroxylation is 2. The van der Waals surface area contributed by atoms with Gasteiger partial charge in [-0.15, -0.1) is 0 Å². The number of hydrogen-bond acceptors (Lipinski definition) is 1. The van der Waals surface area contributed by atoms with Crippen molar-refractivity contribution < 1.29 is 9.18 Å². The molecular formula is C13H17FO. The van der Waals surface area contributed by atoms with Gasteiger partial charge in [0.2, 0.25) is 0 Å². The van der Waals surface area contributed by atoms with Gasteiger partial charge in [-0.25, -0.2) is 4.39 Å². The van der Waals surface area contributed by atoms with Crippen LogP contribution in [-0.2, 0) is 11.2 Å². The molecule has 0 fully saturated rings. The van der Waals surface area contributed by atoms with E-state index in [0.717, 1.165) is 12.0 Å². The van der Waals surface area contributed by atoms with Gasteiger partial charge in [0.15, 0.2) is 0 Å². The minimum absolute atomic E-state index is 0.204. The quantitative estimate of drug-likeness (QED) is 0.724. The van der Waals surface area contributed by atoms with Crippen LogP contribution in [0.4, 0.5) is 4.39 Å². The summed E-state index contributed by atoms with van der Waals surface area (Å²) in [6, 6.07) is 5.02. The number of hydrogen-bond donors (Lipinski definition) is 0. The number of carbonyl (C=O) groups excluding carboxylic acids is 1. The Bertz CT molecular complexity index is 344. The fourth-order valence-corrected chi connectivity index (χ4v) is 1.57. The third-order valence-corrected chi connectivity index (χ3v) is 2.40. The van der Waals surface area contributed by atoms with Gasteiger partial charge in [-0.2, -0.15) is 0 Å². The van der Waals surface area contributed by atoms with Crippen molar-refractivity contribution in [2.75, 3.05) is 0 Å². The molecule has 0 atom stereocenters. The number of carbonyl (C=O) groups is 1. The lowest BCUT2D eigenvalue weighted by Crippen LogP contribution is -2.01. The zero-order chi connectivity index (χ0) is 11.3. The van der Waals surface area contributed by atoms with Crippen LogP contribution >= 0.6 is 0 Å². The van der Waals surface area contributed by atoms with E-state index in [9.17, 15) is 9.18 Å². The molecule has 0 aliphatic heterocycles. The highest BCUT2D eigenvalue weighted by Gasteiger charge is 2.05. The topological polar surface area (TPSA) is 17.1 Å². The zero-order valence-electron chi connectivity index (χ0n) is 9.35. The van der Waals surface area contributed by atoms with Gasteiger partial charge in [-0.3, -0.25) is 4.79 Å². The van der Waals surface area contributed by atoms with Crippen molar-refractivity contribution in [1.29, 1.82) is 0 Å². The van der Waals surface area contributed by atoms with Crippen molar-refractivity contribution in [2.24, 2.45) is 0 Å². The summed E-state index contributed by atoms with van der Waals surface area (Å²) in [4.78, 5) is 11.3. The Labute approximate surface area is 90.3 Å². The lowest BCUT2D eigenvalue weighted by Gasteiger charge is -2.03. The predicted molar refractivity (Wildman–Crippen MR) is 59.4 cm³/mol. The van der Waals surface area contributed by atoms with Gasteiger partial charge in [0, 0.05) is 12.8 Å². The lowest BCUT2D eigenvalue weighted by atomic mass is 10.0. The molecule has 0 aliphatic rings. The molecule has 0 saturated carbocycles. The van der Waals surface area contributed by atoms with Crippen LogP contribution in [-0.4, -0.2) is 5.78 Å². The fourth-order valence-electron chi connectivity index (χ4n) is 1.57. The molecule has 0 saturated heterocycles. The normalized spacial score (nSPS) is 10.3. The first-order valence-electron chi connectivity index (χ1n) is 5.40. The van der Waals surface area contributed by atoms with Crippen LogP contribution in [0, 0.1) is 12.7 Å². The van der Waals surface area contributed by atoms with Crippen LogP contribution in [0.3, 0.4) is 0 Å². The first-order valence-corrected chi connectivity index (χ1v) is 5.40. The van der Waals surface area contributed by atoms with Gasteiger partial charge < -0.3 is 0 Å². The Morgan fingerprint density at radius 3 is 2.73 bits per heavy atom. The van der Waals surface area contributed by atoms with Crippen LogP contribution in [0.1, 0.15) is 37.3 Å². The Morgan fingerprint density at radius 1 is 1.33 bits per heavy atom. The Kier molecular flexibility index (Phi) is 4.47. The second kappa shape index (κ2) is 5.64. The smallest absolute Gasteiger partial charge is 0.133 e. The fraction of sp³-hybridized carbons (Fsp3) is 0.462. The van der Waals surface area contributed by atoms with Crippen LogP contribution in [0.15, 0.2) is 18.2 Å². The van der Waals surface area contributed by atoms with E-state index in [0.29, 0.717) is 24.8 Å². The van der Waals surface area contributed by atoms with Gasteiger partial charge in [0.05, 0.1) is 0 Å². The average molecular weight is 208 g/mol. The van der Waals surface area contributed by atoms with Crippen molar-refractivity contribution in [3.05, 3.63) is 35.1 Å². The molecule has 0 unspecified atom stereocenters. The summed E-state index contributed by atoms with van der Waals surface area (Å²) in [6.07, 6.45) is 2.45. The minimum atomic E-state index is -0.204. The molecule has 0 N–H and O–H groups in total. The van der Waals surface area contributed by atoms with E-state index in [-0.39, 0.29) is 11.6 Å². The van der Waals surface area contributed by atoms with E-state index in [4.69, 9.17) is 0 Å². The summed E-state index contributed by atoms with van der Waals surface area (Å²) in [5.41, 5.74) is 1.69. The monoisotopic (exact) mass is 208 g/mol. The van der Waals surface area contributed by atoms with Gasteiger partial charge >= 0.3 is 0 Å². The molecule has 0 amide bonds. The van der Waals surface area contributed by atoms with E-state index in [1.165, 1.54) is 6.07 Å². The molecule has 15 heavy (non-hydrogen) atoms. The van der Waals surface area contributed by atoms with Crippen molar-refractivity contribution >= 4 is 5.78 Å². The number of benzene rings is 1. The van der Waals surface area contributed by atoms with Gasteiger partial charge in [0.1, 0.15) is 11.6 Å². The maximum absolute atomic E-state index is 13.3. The third kappa shape index (κ3) is 3.82. The molecule has 0 spiro atoms. The van der Waals surface area contributed by atoms with E-state index in [2.05, 4.69) is 0 Å². The molecule has 2 heteroatoms. The van der Waals surface area contributed by atoms with Gasteiger partial charge in [0.25, 0.3) is 0 Å². The van der Waals surface area contributed by atoms with Crippen molar-refractivity contribution in [3.8, 4) is 0 Å². The van der Waals surface area contributed by atoms with Crippen LogP contribution in [0.5, 0.6) is 0 Å². The average Bonchev–Trinajstić information content (AvgIpc) is 2.20. The van der Waals surface area contributed by atoms with E-state index < -0.39 is 0 Å². The SMILES string of the molecule is CCCC(=O)CCc1cc(C)ccc1F. The second-order valence-electron chi connectivity index (χ2n) is 3.88. The predicted octanol–water partition coefficient (Wildman–Crippen LogP) is 3.44. The summed E-state index contributed by atoms with van der Waals surface area (Å²) in [6.45, 7) is 3.90. The highest BCUT2D eigenvalue weighted by molar-refractivity contribution is 5.78. The van der Waals surface area contributed by atoms with Crippen molar-refractivity contribution in [2.45, 2.75) is 39.5 Å². The Hall–Kier alpha value is -1.18. The van der Waals surface area contributed by atoms with E-state index in [1.807, 2.05) is 19.9 Å². The highest BCUT2D eigenvalue weighted by atomic mass is 19.1. The first kappa shape index (κ1) is 11.9. The lowest BCUT2D eigenvalue weighted by molar-refractivity contribution is -0.119. The first-order chi connectivity index (χ1) is 7.13. The molecule has 0 bridgehead atoms. The summed E-state index contributed by atoms with van der Waals surface area (Å²) in [7, 11) is 0. The summed E-state index contributed by atoms with van der Waals surface area (Å²) in [5, 5.41) is 0. The molecule has 1 aromatic rings. The standard InChI is InChI=1S/C13H17FO/c1-3-4-12(15)7-6-11-9-10(2)5-8-13(11)14/h5,8-9H,3-4,6-7H2,1-2H3. The molecule has 0 aliphatic carbocycles. The van der Waals surface area contributed by atoms with Crippen molar-refractivity contribution in [3.63, 3.8) is 0 Å². The zero-order valence-corrected chi connectivity index (χ0v) is 9.35. The maximum Gasteiger partial charge on any atom is 0.133 e. The summed E-state index contributed by atoms with van der Waals surface area (Å²) in [5.74, 6) is 0.0169. The number of halogens is 1. The van der Waals surface area contributed by atoms with Gasteiger partial charge in [-0.1, -0.05) is 24.6 Å². The number of Topliss-reactive ketones (excluding diaryl/α,β-unsaturated/α-hetero) is 1. The van der Waals surface area contributed by atoms with Crippen LogP contribution in [0.2, 0.25) is 0 Å². The largest absolute Gasteiger partial charge is 0.300 e. The highest BCUT2D eigenvalue weighted by Crippen LogP contribution is 2.12. The number of rotatable bonds is 5.